The maximum atomic E-state index is 13.4. The summed E-state index contributed by atoms with van der Waals surface area (Å²) in [4.78, 5) is 5.60. The molecule has 5 nitrogen and oxygen atoms in total. The number of nitrogens with one attached hydrogen (secondary N) is 1. The predicted octanol–water partition coefficient (Wildman–Crippen LogP) is 5.49. The molecule has 1 atom stereocenters. The van der Waals surface area contributed by atoms with Crippen molar-refractivity contribution in [2.45, 2.75) is 31.4 Å². The van der Waals surface area contributed by atoms with Crippen LogP contribution < -0.4 is 5.32 Å². The average Bonchev–Trinajstić information content (AvgIpc) is 2.60. The molecule has 2 rings (SSSR count). The zero-order valence-corrected chi connectivity index (χ0v) is 16.8. The highest BCUT2D eigenvalue weighted by molar-refractivity contribution is 7.98. The number of aromatic nitrogens is 1. The zero-order valence-electron chi connectivity index (χ0n) is 15.1. The number of anilines is 1. The number of nitrogens with zero attached hydrogens (tertiary/aromatic N) is 1. The van der Waals surface area contributed by atoms with Crippen LogP contribution >= 0.6 is 19.4 Å². The Labute approximate surface area is 154 Å². The molecule has 136 valence electrons. The molecule has 0 aliphatic carbocycles. The van der Waals surface area contributed by atoms with Crippen LogP contribution in [0.2, 0.25) is 0 Å². The van der Waals surface area contributed by atoms with Gasteiger partial charge in [-0.2, -0.15) is 0 Å². The van der Waals surface area contributed by atoms with Gasteiger partial charge in [-0.05, 0) is 56.9 Å². The second-order valence-corrected chi connectivity index (χ2v) is 8.35. The van der Waals surface area contributed by atoms with E-state index in [9.17, 15) is 4.57 Å². The number of thioether (sulfide) groups is 1. The summed E-state index contributed by atoms with van der Waals surface area (Å²) in [5.74, 6) is 0.0104. The molecular formula is C18H25N2O3PS. The van der Waals surface area contributed by atoms with E-state index in [0.717, 1.165) is 16.2 Å². The lowest BCUT2D eigenvalue weighted by atomic mass is 10.2. The largest absolute Gasteiger partial charge is 0.357 e. The second kappa shape index (κ2) is 9.39. The normalized spacial score (nSPS) is 12.8. The van der Waals surface area contributed by atoms with Gasteiger partial charge in [0.2, 0.25) is 0 Å². The van der Waals surface area contributed by atoms with Crippen LogP contribution in [0.1, 0.15) is 30.9 Å². The molecule has 1 unspecified atom stereocenters. The number of hydrogen-bond acceptors (Lipinski definition) is 6. The smallest absolute Gasteiger partial charge is 0.353 e. The van der Waals surface area contributed by atoms with Crippen LogP contribution in [0, 0.1) is 6.92 Å². The fourth-order valence-corrected chi connectivity index (χ4v) is 4.77. The molecule has 1 N–H and O–H groups in total. The summed E-state index contributed by atoms with van der Waals surface area (Å²) < 4.78 is 24.6. The van der Waals surface area contributed by atoms with E-state index in [4.69, 9.17) is 9.05 Å². The molecule has 0 amide bonds. The van der Waals surface area contributed by atoms with E-state index < -0.39 is 13.4 Å². The molecule has 0 bridgehead atoms. The Morgan fingerprint density at radius 3 is 2.28 bits per heavy atom. The van der Waals surface area contributed by atoms with Crippen molar-refractivity contribution in [1.29, 1.82) is 0 Å². The van der Waals surface area contributed by atoms with Crippen LogP contribution in [0.3, 0.4) is 0 Å². The molecule has 2 aromatic rings. The van der Waals surface area contributed by atoms with Crippen LogP contribution in [-0.2, 0) is 13.6 Å². The number of pyridine rings is 1. The molecule has 1 heterocycles. The fourth-order valence-electron chi connectivity index (χ4n) is 2.44. The molecule has 0 saturated heterocycles. The molecule has 0 aliphatic rings. The first kappa shape index (κ1) is 20.0. The van der Waals surface area contributed by atoms with Gasteiger partial charge < -0.3 is 14.4 Å². The van der Waals surface area contributed by atoms with Gasteiger partial charge in [-0.3, -0.25) is 4.57 Å². The van der Waals surface area contributed by atoms with Crippen molar-refractivity contribution in [2.75, 3.05) is 24.8 Å². The molecule has 1 aromatic heterocycles. The van der Waals surface area contributed by atoms with E-state index in [-0.39, 0.29) is 0 Å². The van der Waals surface area contributed by atoms with E-state index in [0.29, 0.717) is 19.0 Å². The first-order valence-corrected chi connectivity index (χ1v) is 11.1. The number of rotatable bonds is 9. The number of hydrogen-bond donors (Lipinski definition) is 1. The third-order valence-electron chi connectivity index (χ3n) is 3.54. The van der Waals surface area contributed by atoms with Crippen LogP contribution in [-0.4, -0.2) is 24.5 Å². The van der Waals surface area contributed by atoms with E-state index in [2.05, 4.69) is 10.3 Å². The Morgan fingerprint density at radius 2 is 1.76 bits per heavy atom. The Hall–Kier alpha value is -1.33. The first-order chi connectivity index (χ1) is 12.0. The molecule has 1 aromatic carbocycles. The molecule has 0 aliphatic heterocycles. The first-order valence-electron chi connectivity index (χ1n) is 8.25. The van der Waals surface area contributed by atoms with Crippen LogP contribution in [0.25, 0.3) is 0 Å². The topological polar surface area (TPSA) is 60.5 Å². The van der Waals surface area contributed by atoms with Gasteiger partial charge in [0, 0.05) is 10.6 Å². The van der Waals surface area contributed by atoms with Crippen molar-refractivity contribution < 1.29 is 13.6 Å². The van der Waals surface area contributed by atoms with Crippen LogP contribution in [0.5, 0.6) is 0 Å². The van der Waals surface area contributed by atoms with Gasteiger partial charge in [-0.25, -0.2) is 4.98 Å². The molecule has 0 saturated carbocycles. The minimum Gasteiger partial charge on any atom is -0.353 e. The summed E-state index contributed by atoms with van der Waals surface area (Å²) >= 11 is 1.66. The third-order valence-corrected chi connectivity index (χ3v) is 6.58. The second-order valence-electron chi connectivity index (χ2n) is 5.36. The Kier molecular flexibility index (Phi) is 7.51. The molecule has 7 heteroatoms. The van der Waals surface area contributed by atoms with Crippen molar-refractivity contribution in [3.05, 3.63) is 53.7 Å². The Balaban J connectivity index is 2.43. The van der Waals surface area contributed by atoms with Crippen LogP contribution in [0.4, 0.5) is 5.82 Å². The van der Waals surface area contributed by atoms with Crippen molar-refractivity contribution in [3.63, 3.8) is 0 Å². The predicted molar refractivity (Wildman–Crippen MR) is 104 cm³/mol. The summed E-state index contributed by atoms with van der Waals surface area (Å²) in [6, 6.07) is 13.6. The summed E-state index contributed by atoms with van der Waals surface area (Å²) in [5.41, 5.74) is 1.72. The highest BCUT2D eigenvalue weighted by Crippen LogP contribution is 2.60. The summed E-state index contributed by atoms with van der Waals surface area (Å²) in [5, 5.41) is 3.25. The quantitative estimate of drug-likeness (QED) is 0.459. The Morgan fingerprint density at radius 1 is 1.12 bits per heavy atom. The van der Waals surface area contributed by atoms with Gasteiger partial charge in [0.25, 0.3) is 0 Å². The van der Waals surface area contributed by atoms with Crippen molar-refractivity contribution in [1.82, 2.24) is 4.98 Å². The summed E-state index contributed by atoms with van der Waals surface area (Å²) in [6.07, 6.45) is 2.02. The minimum absolute atomic E-state index is 0.305. The molecule has 0 radical (unpaired) electrons. The summed E-state index contributed by atoms with van der Waals surface area (Å²) in [7, 11) is -3.41. The lowest BCUT2D eigenvalue weighted by Crippen LogP contribution is -2.16. The third kappa shape index (κ3) is 5.32. The molecule has 25 heavy (non-hydrogen) atoms. The molecule has 0 fully saturated rings. The van der Waals surface area contributed by atoms with Gasteiger partial charge in [0.15, 0.2) is 5.78 Å². The van der Waals surface area contributed by atoms with Gasteiger partial charge in [-0.15, -0.1) is 11.8 Å². The molecule has 0 spiro atoms. The average molecular weight is 380 g/mol. The van der Waals surface area contributed by atoms with E-state index >= 15 is 0 Å². The minimum atomic E-state index is -3.41. The van der Waals surface area contributed by atoms with Gasteiger partial charge >= 0.3 is 7.60 Å². The van der Waals surface area contributed by atoms with Crippen molar-refractivity contribution >= 4 is 25.2 Å². The van der Waals surface area contributed by atoms with Crippen molar-refractivity contribution in [2.24, 2.45) is 0 Å². The lowest BCUT2D eigenvalue weighted by molar-refractivity contribution is 0.214. The van der Waals surface area contributed by atoms with Crippen LogP contribution in [0.15, 0.2) is 47.4 Å². The van der Waals surface area contributed by atoms with E-state index in [1.807, 2.05) is 69.5 Å². The molecular weight excluding hydrogens is 355 g/mol. The van der Waals surface area contributed by atoms with E-state index in [1.165, 1.54) is 0 Å². The Bertz CT molecular complexity index is 715. The highest BCUT2D eigenvalue weighted by Gasteiger charge is 2.37. The van der Waals surface area contributed by atoms with Gasteiger partial charge in [0.1, 0.15) is 5.82 Å². The lowest BCUT2D eigenvalue weighted by Gasteiger charge is -2.28. The number of benzene rings is 1. The van der Waals surface area contributed by atoms with Gasteiger partial charge in [0.05, 0.1) is 13.2 Å². The van der Waals surface area contributed by atoms with E-state index in [1.54, 1.807) is 11.8 Å². The maximum Gasteiger partial charge on any atom is 0.357 e. The zero-order chi connectivity index (χ0) is 18.3. The van der Waals surface area contributed by atoms with Crippen molar-refractivity contribution in [3.8, 4) is 0 Å². The number of aryl methyl sites for hydroxylation is 1. The standard InChI is InChI=1S/C18H25N2O3PS/c1-5-22-24(21,23-6-2)18(15-10-12-16(25-4)13-11-15)20-17-9-7-8-14(3)19-17/h7-13,18H,5-6H2,1-4H3,(H,19,20). The SMILES string of the molecule is CCOP(=O)(OCC)C(Nc1cccc(C)n1)c1ccc(SC)cc1. The summed E-state index contributed by atoms with van der Waals surface area (Å²) in [6.45, 7) is 6.15. The fraction of sp³-hybridized carbons (Fsp3) is 0.389. The maximum absolute atomic E-state index is 13.4. The highest BCUT2D eigenvalue weighted by atomic mass is 32.2. The van der Waals surface area contributed by atoms with Gasteiger partial charge in [-0.1, -0.05) is 18.2 Å². The monoisotopic (exact) mass is 380 g/mol.